The fraction of sp³-hybridized carbons (Fsp3) is 0.286. The Morgan fingerprint density at radius 1 is 1.14 bits per heavy atom. The molecule has 0 saturated carbocycles. The molecule has 2 aromatic carbocycles. The molecular weight excluding hydrogens is 377 g/mol. The number of thiazole rings is 1. The molecule has 28 heavy (non-hydrogen) atoms. The molecule has 1 fully saturated rings. The van der Waals surface area contributed by atoms with Gasteiger partial charge in [0.05, 0.1) is 16.8 Å². The Labute approximate surface area is 166 Å². The van der Waals surface area contributed by atoms with E-state index < -0.39 is 11.6 Å². The minimum absolute atomic E-state index is 0.124. The molecule has 0 bridgehead atoms. The third-order valence-corrected chi connectivity index (χ3v) is 6.07. The first-order chi connectivity index (χ1) is 13.5. The Morgan fingerprint density at radius 2 is 1.89 bits per heavy atom. The van der Waals surface area contributed by atoms with E-state index in [1.54, 1.807) is 12.1 Å². The summed E-state index contributed by atoms with van der Waals surface area (Å²) in [5.74, 6) is -0.686. The van der Waals surface area contributed by atoms with Crippen molar-refractivity contribution in [2.45, 2.75) is 38.3 Å². The van der Waals surface area contributed by atoms with Crippen LogP contribution in [0.15, 0.2) is 48.5 Å². The van der Waals surface area contributed by atoms with Gasteiger partial charge in [0.15, 0.2) is 0 Å². The Balaban J connectivity index is 1.67. The van der Waals surface area contributed by atoms with E-state index in [1.165, 1.54) is 28.4 Å². The van der Waals surface area contributed by atoms with E-state index in [2.05, 4.69) is 10.3 Å². The molecule has 1 atom stereocenters. The molecule has 1 aliphatic rings. The van der Waals surface area contributed by atoms with Crippen molar-refractivity contribution < 1.29 is 14.0 Å². The first-order valence-electron chi connectivity index (χ1n) is 9.28. The van der Waals surface area contributed by atoms with Crippen molar-refractivity contribution in [3.63, 3.8) is 0 Å². The number of imide groups is 1. The van der Waals surface area contributed by atoms with Crippen LogP contribution in [0, 0.1) is 5.82 Å². The van der Waals surface area contributed by atoms with Crippen LogP contribution in [-0.2, 0) is 16.9 Å². The summed E-state index contributed by atoms with van der Waals surface area (Å²) in [7, 11) is 0. The number of nitrogens with one attached hydrogen (secondary N) is 1. The van der Waals surface area contributed by atoms with E-state index in [4.69, 9.17) is 0 Å². The minimum Gasteiger partial charge on any atom is -0.319 e. The maximum absolute atomic E-state index is 13.4. The van der Waals surface area contributed by atoms with Gasteiger partial charge in [-0.1, -0.05) is 44.0 Å². The van der Waals surface area contributed by atoms with Gasteiger partial charge in [0.1, 0.15) is 16.4 Å². The largest absolute Gasteiger partial charge is 0.325 e. The van der Waals surface area contributed by atoms with E-state index in [9.17, 15) is 14.0 Å². The molecule has 144 valence electrons. The first-order valence-corrected chi connectivity index (χ1v) is 10.1. The first kappa shape index (κ1) is 18.6. The number of carbonyl (C=O) groups excluding carboxylic acids is 2. The number of unbranched alkanes of at least 4 members (excludes halogenated alkanes) is 1. The highest BCUT2D eigenvalue weighted by Crippen LogP contribution is 2.35. The van der Waals surface area contributed by atoms with Crippen molar-refractivity contribution in [3.05, 3.63) is 64.9 Å². The lowest BCUT2D eigenvalue weighted by molar-refractivity contribution is -0.132. The van der Waals surface area contributed by atoms with Gasteiger partial charge in [0.25, 0.3) is 5.91 Å². The number of benzene rings is 2. The third-order valence-electron chi connectivity index (χ3n) is 5.05. The van der Waals surface area contributed by atoms with Crippen LogP contribution in [0.25, 0.3) is 10.2 Å². The maximum Gasteiger partial charge on any atom is 0.325 e. The highest BCUT2D eigenvalue weighted by atomic mass is 32.1. The molecule has 1 aliphatic heterocycles. The van der Waals surface area contributed by atoms with Gasteiger partial charge in [0, 0.05) is 0 Å². The van der Waals surface area contributed by atoms with E-state index in [0.29, 0.717) is 17.0 Å². The fourth-order valence-electron chi connectivity index (χ4n) is 3.58. The minimum atomic E-state index is -1.16. The molecule has 3 aromatic rings. The Bertz CT molecular complexity index is 1000. The molecule has 3 amide bonds. The molecule has 0 radical (unpaired) electrons. The van der Waals surface area contributed by atoms with E-state index in [0.717, 1.165) is 23.1 Å². The van der Waals surface area contributed by atoms with Gasteiger partial charge < -0.3 is 5.32 Å². The van der Waals surface area contributed by atoms with Crippen molar-refractivity contribution in [3.8, 4) is 0 Å². The lowest BCUT2D eigenvalue weighted by atomic mass is 9.85. The molecule has 7 heteroatoms. The Hall–Kier alpha value is -2.80. The van der Waals surface area contributed by atoms with Crippen molar-refractivity contribution >= 4 is 33.5 Å². The van der Waals surface area contributed by atoms with Crippen LogP contribution in [-0.4, -0.2) is 21.8 Å². The summed E-state index contributed by atoms with van der Waals surface area (Å²) in [6.45, 7) is 2.15. The second kappa shape index (κ2) is 7.31. The molecular formula is C21H20FN3O2S. The zero-order chi connectivity index (χ0) is 19.7. The summed E-state index contributed by atoms with van der Waals surface area (Å²) in [6.07, 6.45) is 2.11. The maximum atomic E-state index is 13.4. The molecule has 2 heterocycles. The molecule has 4 rings (SSSR count). The second-order valence-corrected chi connectivity index (χ2v) is 8.03. The van der Waals surface area contributed by atoms with Gasteiger partial charge in [-0.25, -0.2) is 14.2 Å². The van der Waals surface area contributed by atoms with Gasteiger partial charge in [-0.2, -0.15) is 0 Å². The molecule has 0 aliphatic carbocycles. The van der Waals surface area contributed by atoms with Gasteiger partial charge in [-0.3, -0.25) is 9.69 Å². The number of hydrogen-bond acceptors (Lipinski definition) is 4. The van der Waals surface area contributed by atoms with Crippen LogP contribution >= 0.6 is 11.3 Å². The normalized spacial score (nSPS) is 19.4. The Kier molecular flexibility index (Phi) is 4.85. The molecule has 1 aromatic heterocycles. The molecule has 1 N–H and O–H groups in total. The number of aromatic nitrogens is 1. The molecule has 0 spiro atoms. The average molecular weight is 397 g/mol. The van der Waals surface area contributed by atoms with E-state index in [-0.39, 0.29) is 18.3 Å². The van der Waals surface area contributed by atoms with Crippen molar-refractivity contribution in [1.29, 1.82) is 0 Å². The lowest BCUT2D eigenvalue weighted by Crippen LogP contribution is -2.44. The number of hydrogen-bond donors (Lipinski definition) is 1. The zero-order valence-electron chi connectivity index (χ0n) is 15.4. The van der Waals surface area contributed by atoms with Gasteiger partial charge in [-0.05, 0) is 36.2 Å². The molecule has 5 nitrogen and oxygen atoms in total. The summed E-state index contributed by atoms with van der Waals surface area (Å²) in [4.78, 5) is 31.8. The lowest BCUT2D eigenvalue weighted by Gasteiger charge is -2.27. The quantitative estimate of drug-likeness (QED) is 0.620. The monoisotopic (exact) mass is 397 g/mol. The molecule has 1 saturated heterocycles. The summed E-state index contributed by atoms with van der Waals surface area (Å²) in [6, 6.07) is 13.1. The van der Waals surface area contributed by atoms with E-state index >= 15 is 0 Å². The summed E-state index contributed by atoms with van der Waals surface area (Å²) in [5.41, 5.74) is 0.301. The van der Waals surface area contributed by atoms with Crippen LogP contribution in [0.5, 0.6) is 0 Å². The highest BCUT2D eigenvalue weighted by molar-refractivity contribution is 7.18. The number of nitrogens with zero attached hydrogens (tertiary/aromatic N) is 2. The zero-order valence-corrected chi connectivity index (χ0v) is 16.3. The Morgan fingerprint density at radius 3 is 2.61 bits per heavy atom. The van der Waals surface area contributed by atoms with Crippen LogP contribution in [0.2, 0.25) is 0 Å². The van der Waals surface area contributed by atoms with Crippen molar-refractivity contribution in [1.82, 2.24) is 15.2 Å². The number of amides is 3. The fourth-order valence-corrected chi connectivity index (χ4v) is 4.53. The van der Waals surface area contributed by atoms with Crippen LogP contribution < -0.4 is 5.32 Å². The van der Waals surface area contributed by atoms with Gasteiger partial charge in [0.2, 0.25) is 0 Å². The topological polar surface area (TPSA) is 62.3 Å². The second-order valence-electron chi connectivity index (χ2n) is 6.91. The standard InChI is InChI=1S/C21H20FN3O2S/c1-2-3-12-21(14-8-10-15(22)11-9-14)19(26)25(20(27)24-21)13-18-23-16-6-4-5-7-17(16)28-18/h4-11H,2-3,12-13H2,1H3,(H,24,27)/t21-/m1/s1. The van der Waals surface area contributed by atoms with Crippen LogP contribution in [0.1, 0.15) is 36.8 Å². The predicted octanol–water partition coefficient (Wildman–Crippen LogP) is 4.57. The van der Waals surface area contributed by atoms with Crippen molar-refractivity contribution in [2.75, 3.05) is 0 Å². The van der Waals surface area contributed by atoms with Crippen LogP contribution in [0.4, 0.5) is 9.18 Å². The number of carbonyl (C=O) groups is 2. The van der Waals surface area contributed by atoms with Crippen molar-refractivity contribution in [2.24, 2.45) is 0 Å². The van der Waals surface area contributed by atoms with Gasteiger partial charge in [-0.15, -0.1) is 11.3 Å². The number of rotatable bonds is 6. The summed E-state index contributed by atoms with van der Waals surface area (Å²) >= 11 is 1.47. The smallest absolute Gasteiger partial charge is 0.319 e. The van der Waals surface area contributed by atoms with Crippen LogP contribution in [0.3, 0.4) is 0 Å². The number of fused-ring (bicyclic) bond motifs is 1. The van der Waals surface area contributed by atoms with E-state index in [1.807, 2.05) is 31.2 Å². The number of para-hydroxylation sites is 1. The van der Waals surface area contributed by atoms with Gasteiger partial charge >= 0.3 is 6.03 Å². The molecule has 0 unspecified atom stereocenters. The predicted molar refractivity (Wildman–Crippen MR) is 106 cm³/mol. The highest BCUT2D eigenvalue weighted by Gasteiger charge is 2.52. The number of halogens is 1. The summed E-state index contributed by atoms with van der Waals surface area (Å²) in [5, 5.41) is 3.59. The summed E-state index contributed by atoms with van der Waals surface area (Å²) < 4.78 is 14.4. The third kappa shape index (κ3) is 3.16. The SMILES string of the molecule is CCCC[C@]1(c2ccc(F)cc2)NC(=O)N(Cc2nc3ccccc3s2)C1=O. The number of urea groups is 1. The average Bonchev–Trinajstić information content (AvgIpc) is 3.21.